The van der Waals surface area contributed by atoms with E-state index in [0.717, 1.165) is 5.56 Å². The first-order chi connectivity index (χ1) is 9.42. The van der Waals surface area contributed by atoms with Crippen molar-refractivity contribution in [3.8, 4) is 0 Å². The minimum atomic E-state index is -3.75. The predicted molar refractivity (Wildman–Crippen MR) is 72.6 cm³/mol. The highest BCUT2D eigenvalue weighted by Crippen LogP contribution is 2.33. The summed E-state index contributed by atoms with van der Waals surface area (Å²) in [6.07, 6.45) is 0.351. The average Bonchev–Trinajstić information content (AvgIpc) is 2.34. The van der Waals surface area contributed by atoms with Crippen molar-refractivity contribution in [2.75, 3.05) is 6.61 Å². The van der Waals surface area contributed by atoms with E-state index in [9.17, 15) is 13.2 Å². The van der Waals surface area contributed by atoms with E-state index in [1.807, 2.05) is 6.92 Å². The molecule has 0 unspecified atom stereocenters. The third-order valence-corrected chi connectivity index (χ3v) is 4.66. The fourth-order valence-corrected chi connectivity index (χ4v) is 3.13. The third kappa shape index (κ3) is 3.37. The summed E-state index contributed by atoms with van der Waals surface area (Å²) in [5.41, 5.74) is 0.981. The van der Waals surface area contributed by atoms with Crippen molar-refractivity contribution in [3.05, 3.63) is 29.8 Å². The van der Waals surface area contributed by atoms with Crippen LogP contribution in [0.3, 0.4) is 0 Å². The van der Waals surface area contributed by atoms with Crippen LogP contribution in [0.25, 0.3) is 0 Å². The second-order valence-electron chi connectivity index (χ2n) is 4.91. The molecule has 0 radical (unpaired) electrons. The Kier molecular flexibility index (Phi) is 4.45. The molecular weight excluding hydrogens is 280 g/mol. The first-order valence-electron chi connectivity index (χ1n) is 6.59. The molecule has 0 bridgehead atoms. The van der Waals surface area contributed by atoms with E-state index in [4.69, 9.17) is 8.92 Å². The number of hydrogen-bond acceptors (Lipinski definition) is 5. The van der Waals surface area contributed by atoms with Gasteiger partial charge in [-0.05, 0) is 38.8 Å². The molecular formula is C14H18O5S. The summed E-state index contributed by atoms with van der Waals surface area (Å²) in [6, 6.07) is 6.48. The Morgan fingerprint density at radius 1 is 1.25 bits per heavy atom. The average molecular weight is 298 g/mol. The van der Waals surface area contributed by atoms with Crippen molar-refractivity contribution >= 4 is 16.1 Å². The van der Waals surface area contributed by atoms with Gasteiger partial charge in [-0.3, -0.25) is 8.98 Å². The van der Waals surface area contributed by atoms with Gasteiger partial charge in [0.15, 0.2) is 0 Å². The second-order valence-corrected chi connectivity index (χ2v) is 6.48. The van der Waals surface area contributed by atoms with E-state index < -0.39 is 16.2 Å². The summed E-state index contributed by atoms with van der Waals surface area (Å²) in [5, 5.41) is 0. The molecule has 0 heterocycles. The quantitative estimate of drug-likeness (QED) is 0.614. The molecule has 0 saturated heterocycles. The molecule has 0 spiro atoms. The van der Waals surface area contributed by atoms with E-state index in [1.54, 1.807) is 19.1 Å². The molecule has 110 valence electrons. The van der Waals surface area contributed by atoms with E-state index in [-0.39, 0.29) is 16.8 Å². The maximum atomic E-state index is 12.0. The Balaban J connectivity index is 1.92. The van der Waals surface area contributed by atoms with Gasteiger partial charge in [-0.15, -0.1) is 0 Å². The maximum Gasteiger partial charge on any atom is 0.309 e. The summed E-state index contributed by atoms with van der Waals surface area (Å²) in [5.74, 6) is -0.520. The molecule has 0 aliphatic heterocycles. The largest absolute Gasteiger partial charge is 0.466 e. The highest BCUT2D eigenvalue weighted by atomic mass is 32.2. The Labute approximate surface area is 119 Å². The van der Waals surface area contributed by atoms with E-state index in [2.05, 4.69) is 0 Å². The van der Waals surface area contributed by atoms with Crippen LogP contribution < -0.4 is 0 Å². The van der Waals surface area contributed by atoms with Gasteiger partial charge in [-0.1, -0.05) is 17.7 Å². The molecule has 5 nitrogen and oxygen atoms in total. The molecule has 0 amide bonds. The van der Waals surface area contributed by atoms with Gasteiger partial charge in [-0.2, -0.15) is 8.42 Å². The smallest absolute Gasteiger partial charge is 0.309 e. The Morgan fingerprint density at radius 3 is 2.40 bits per heavy atom. The van der Waals surface area contributed by atoms with E-state index in [0.29, 0.717) is 19.4 Å². The summed E-state index contributed by atoms with van der Waals surface area (Å²) in [4.78, 5) is 11.6. The lowest BCUT2D eigenvalue weighted by atomic mass is 9.83. The second kappa shape index (κ2) is 5.93. The van der Waals surface area contributed by atoms with Gasteiger partial charge in [0.05, 0.1) is 23.5 Å². The zero-order valence-corrected chi connectivity index (χ0v) is 12.4. The van der Waals surface area contributed by atoms with Gasteiger partial charge >= 0.3 is 5.97 Å². The highest BCUT2D eigenvalue weighted by Gasteiger charge is 2.39. The molecule has 1 aliphatic rings. The first kappa shape index (κ1) is 15.0. The van der Waals surface area contributed by atoms with Gasteiger partial charge in [0.1, 0.15) is 0 Å². The van der Waals surface area contributed by atoms with Crippen molar-refractivity contribution < 1.29 is 22.1 Å². The Bertz CT molecular complexity index is 570. The lowest BCUT2D eigenvalue weighted by Crippen LogP contribution is -2.38. The van der Waals surface area contributed by atoms with Crippen molar-refractivity contribution in [1.29, 1.82) is 0 Å². The molecule has 0 aromatic heterocycles. The van der Waals surface area contributed by atoms with Crippen molar-refractivity contribution in [3.63, 3.8) is 0 Å². The SMILES string of the molecule is CCOC(=O)[C@H]1C[C@@H](OS(=O)(=O)c2ccc(C)cc2)C1. The number of benzene rings is 1. The zero-order valence-electron chi connectivity index (χ0n) is 11.5. The summed E-state index contributed by atoms with van der Waals surface area (Å²) in [6.45, 7) is 3.96. The van der Waals surface area contributed by atoms with Crippen LogP contribution in [0.2, 0.25) is 0 Å². The fourth-order valence-electron chi connectivity index (χ4n) is 2.04. The van der Waals surface area contributed by atoms with E-state index in [1.165, 1.54) is 12.1 Å². The molecule has 0 atom stereocenters. The lowest BCUT2D eigenvalue weighted by molar-refractivity contribution is -0.154. The Morgan fingerprint density at radius 2 is 1.85 bits per heavy atom. The minimum absolute atomic E-state index is 0.141. The van der Waals surface area contributed by atoms with Gasteiger partial charge in [0, 0.05) is 0 Å². The standard InChI is InChI=1S/C14H18O5S/c1-3-18-14(15)11-8-12(9-11)19-20(16,17)13-6-4-10(2)5-7-13/h4-7,11-12H,3,8-9H2,1-2H3/t11-,12+. The number of carbonyl (C=O) groups excluding carboxylic acids is 1. The summed E-state index contributed by atoms with van der Waals surface area (Å²) >= 11 is 0. The van der Waals surface area contributed by atoms with Gasteiger partial charge in [-0.25, -0.2) is 0 Å². The molecule has 1 aromatic carbocycles. The topological polar surface area (TPSA) is 69.7 Å². The summed E-state index contributed by atoms with van der Waals surface area (Å²) < 4.78 is 34.0. The molecule has 1 aromatic rings. The van der Waals surface area contributed by atoms with Crippen molar-refractivity contribution in [2.45, 2.75) is 37.7 Å². The highest BCUT2D eigenvalue weighted by molar-refractivity contribution is 7.86. The van der Waals surface area contributed by atoms with Crippen LogP contribution in [-0.2, 0) is 23.8 Å². The van der Waals surface area contributed by atoms with Crippen LogP contribution in [0.1, 0.15) is 25.3 Å². The lowest BCUT2D eigenvalue weighted by Gasteiger charge is -2.32. The number of aryl methyl sites for hydroxylation is 1. The monoisotopic (exact) mass is 298 g/mol. The van der Waals surface area contributed by atoms with Crippen LogP contribution in [0.15, 0.2) is 29.2 Å². The first-order valence-corrected chi connectivity index (χ1v) is 8.00. The van der Waals surface area contributed by atoms with Crippen molar-refractivity contribution in [1.82, 2.24) is 0 Å². The minimum Gasteiger partial charge on any atom is -0.466 e. The zero-order chi connectivity index (χ0) is 14.8. The van der Waals surface area contributed by atoms with Crippen molar-refractivity contribution in [2.24, 2.45) is 5.92 Å². The van der Waals surface area contributed by atoms with Gasteiger partial charge in [0.25, 0.3) is 10.1 Å². The summed E-state index contributed by atoms with van der Waals surface area (Å²) in [7, 11) is -3.75. The van der Waals surface area contributed by atoms with Gasteiger partial charge < -0.3 is 4.74 Å². The number of esters is 1. The van der Waals surface area contributed by atoms with Crippen LogP contribution in [0.5, 0.6) is 0 Å². The third-order valence-electron chi connectivity index (χ3n) is 3.29. The molecule has 1 fully saturated rings. The predicted octanol–water partition coefficient (Wildman–Crippen LogP) is 2.04. The van der Waals surface area contributed by atoms with E-state index >= 15 is 0 Å². The normalized spacial score (nSPS) is 22.1. The Hall–Kier alpha value is -1.40. The fraction of sp³-hybridized carbons (Fsp3) is 0.500. The van der Waals surface area contributed by atoms with Gasteiger partial charge in [0.2, 0.25) is 0 Å². The number of rotatable bonds is 5. The van der Waals surface area contributed by atoms with Crippen LogP contribution in [-0.4, -0.2) is 27.1 Å². The maximum absolute atomic E-state index is 12.0. The number of hydrogen-bond donors (Lipinski definition) is 0. The number of ether oxygens (including phenoxy) is 1. The van der Waals surface area contributed by atoms with Crippen LogP contribution in [0, 0.1) is 12.8 Å². The van der Waals surface area contributed by atoms with Crippen LogP contribution >= 0.6 is 0 Å². The van der Waals surface area contributed by atoms with Crippen LogP contribution in [0.4, 0.5) is 0 Å². The molecule has 6 heteroatoms. The molecule has 1 saturated carbocycles. The molecule has 1 aliphatic carbocycles. The molecule has 0 N–H and O–H groups in total. The molecule has 20 heavy (non-hydrogen) atoms. The number of carbonyl (C=O) groups is 1. The molecule has 2 rings (SSSR count).